The van der Waals surface area contributed by atoms with Crippen molar-refractivity contribution in [3.63, 3.8) is 0 Å². The highest BCUT2D eigenvalue weighted by Gasteiger charge is 2.40. The Morgan fingerprint density at radius 3 is 2.91 bits per heavy atom. The van der Waals surface area contributed by atoms with Crippen LogP contribution in [-0.2, 0) is 16.1 Å². The molecule has 112 valence electrons. The molecule has 0 radical (unpaired) electrons. The minimum atomic E-state index is -0.610. The lowest BCUT2D eigenvalue weighted by Crippen LogP contribution is -2.52. The largest absolute Gasteiger partial charge is 0.464 e. The van der Waals surface area contributed by atoms with E-state index in [0.717, 1.165) is 15.4 Å². The Morgan fingerprint density at radius 1 is 1.32 bits per heavy atom. The zero-order valence-corrected chi connectivity index (χ0v) is 13.0. The van der Waals surface area contributed by atoms with Crippen molar-refractivity contribution in [2.24, 2.45) is 0 Å². The van der Waals surface area contributed by atoms with Crippen LogP contribution in [0.3, 0.4) is 0 Å². The van der Waals surface area contributed by atoms with Gasteiger partial charge in [0.1, 0.15) is 11.6 Å². The average Bonchev–Trinajstić information content (AvgIpc) is 3.06. The Hall–Kier alpha value is -2.15. The molecule has 4 rings (SSSR count). The monoisotopic (exact) mass is 362 g/mol. The summed E-state index contributed by atoms with van der Waals surface area (Å²) in [4.78, 5) is 37.4. The minimum absolute atomic E-state index is 0.205. The van der Waals surface area contributed by atoms with Crippen LogP contribution in [0.4, 0.5) is 0 Å². The predicted molar refractivity (Wildman–Crippen MR) is 80.0 cm³/mol. The molecule has 1 saturated heterocycles. The van der Waals surface area contributed by atoms with Gasteiger partial charge >= 0.3 is 0 Å². The molecular weight excluding hydrogens is 352 g/mol. The Kier molecular flexibility index (Phi) is 2.87. The quantitative estimate of drug-likeness (QED) is 0.786. The van der Waals surface area contributed by atoms with Crippen molar-refractivity contribution in [2.75, 3.05) is 0 Å². The number of halogens is 1. The zero-order chi connectivity index (χ0) is 15.4. The van der Waals surface area contributed by atoms with Gasteiger partial charge in [0.15, 0.2) is 0 Å². The van der Waals surface area contributed by atoms with Crippen molar-refractivity contribution in [3.8, 4) is 0 Å². The van der Waals surface area contributed by atoms with Crippen molar-refractivity contribution in [3.05, 3.63) is 34.0 Å². The topological polar surface area (TPSA) is 79.6 Å². The number of hydrogen-bond donors (Lipinski definition) is 1. The molecule has 3 amide bonds. The predicted octanol–water partition coefficient (Wildman–Crippen LogP) is 1.96. The molecule has 1 unspecified atom stereocenters. The van der Waals surface area contributed by atoms with E-state index in [0.29, 0.717) is 24.1 Å². The summed E-state index contributed by atoms with van der Waals surface area (Å²) < 4.78 is 6.29. The van der Waals surface area contributed by atoms with Gasteiger partial charge in [-0.3, -0.25) is 19.7 Å². The fourth-order valence-corrected chi connectivity index (χ4v) is 3.66. The summed E-state index contributed by atoms with van der Waals surface area (Å²) >= 11 is 3.44. The number of hydrogen-bond acceptors (Lipinski definition) is 4. The molecule has 22 heavy (non-hydrogen) atoms. The zero-order valence-electron chi connectivity index (χ0n) is 11.4. The smallest absolute Gasteiger partial charge is 0.255 e. The van der Waals surface area contributed by atoms with Gasteiger partial charge in [0, 0.05) is 27.4 Å². The van der Waals surface area contributed by atoms with Gasteiger partial charge in [-0.1, -0.05) is 15.9 Å². The SMILES string of the molecule is O=C1CCC(N2Cc3c(cc(Br)c4ccoc34)C2=O)C(=O)N1. The molecule has 2 aliphatic heterocycles. The Balaban J connectivity index is 1.76. The van der Waals surface area contributed by atoms with Crippen molar-refractivity contribution in [1.82, 2.24) is 10.2 Å². The van der Waals surface area contributed by atoms with Crippen LogP contribution in [-0.4, -0.2) is 28.7 Å². The second-order valence-electron chi connectivity index (χ2n) is 5.45. The first-order valence-corrected chi connectivity index (χ1v) is 7.69. The first-order valence-electron chi connectivity index (χ1n) is 6.89. The standard InChI is InChI=1S/C15H11BrN2O4/c16-10-5-8-9(13-7(10)3-4-22-13)6-18(15(8)21)11-1-2-12(19)17-14(11)20/h3-5,11H,1-2,6H2,(H,17,19,20). The van der Waals surface area contributed by atoms with E-state index in [1.165, 1.54) is 4.90 Å². The molecule has 6 nitrogen and oxygen atoms in total. The van der Waals surface area contributed by atoms with Gasteiger partial charge in [0.2, 0.25) is 11.8 Å². The number of fused-ring (bicyclic) bond motifs is 3. The molecule has 0 bridgehead atoms. The fourth-order valence-electron chi connectivity index (χ4n) is 3.12. The number of imide groups is 1. The molecule has 1 N–H and O–H groups in total. The minimum Gasteiger partial charge on any atom is -0.464 e. The number of carbonyl (C=O) groups excluding carboxylic acids is 3. The first kappa shape index (κ1) is 13.5. The van der Waals surface area contributed by atoms with E-state index in [1.54, 1.807) is 12.3 Å². The molecule has 1 fully saturated rings. The lowest BCUT2D eigenvalue weighted by atomic mass is 10.0. The van der Waals surface area contributed by atoms with Crippen LogP contribution in [0.5, 0.6) is 0 Å². The molecule has 2 aromatic rings. The van der Waals surface area contributed by atoms with Crippen molar-refractivity contribution in [2.45, 2.75) is 25.4 Å². The van der Waals surface area contributed by atoms with E-state index in [4.69, 9.17) is 4.42 Å². The number of nitrogens with one attached hydrogen (secondary N) is 1. The lowest BCUT2D eigenvalue weighted by Gasteiger charge is -2.29. The molecular formula is C15H11BrN2O4. The number of furan rings is 1. The van der Waals surface area contributed by atoms with Crippen molar-refractivity contribution >= 4 is 44.6 Å². The number of rotatable bonds is 1. The summed E-state index contributed by atoms with van der Waals surface area (Å²) in [5.41, 5.74) is 1.99. The van der Waals surface area contributed by atoms with Gasteiger partial charge < -0.3 is 9.32 Å². The van der Waals surface area contributed by atoms with Crippen LogP contribution in [0.15, 0.2) is 27.3 Å². The van der Waals surface area contributed by atoms with Gasteiger partial charge in [0.25, 0.3) is 5.91 Å². The molecule has 1 aromatic carbocycles. The first-order chi connectivity index (χ1) is 10.6. The summed E-state index contributed by atoms with van der Waals surface area (Å²) in [6, 6.07) is 2.99. The molecule has 0 aliphatic carbocycles. The molecule has 2 aliphatic rings. The second-order valence-corrected chi connectivity index (χ2v) is 6.30. The number of nitrogens with zero attached hydrogens (tertiary/aromatic N) is 1. The molecule has 0 spiro atoms. The maximum Gasteiger partial charge on any atom is 0.255 e. The summed E-state index contributed by atoms with van der Waals surface area (Å²) in [5.74, 6) is -0.905. The number of benzene rings is 1. The highest BCUT2D eigenvalue weighted by molar-refractivity contribution is 9.10. The van der Waals surface area contributed by atoms with E-state index in [9.17, 15) is 14.4 Å². The highest BCUT2D eigenvalue weighted by atomic mass is 79.9. The van der Waals surface area contributed by atoms with Crippen LogP contribution in [0.1, 0.15) is 28.8 Å². The van der Waals surface area contributed by atoms with E-state index in [-0.39, 0.29) is 18.2 Å². The van der Waals surface area contributed by atoms with E-state index in [1.807, 2.05) is 6.07 Å². The highest BCUT2D eigenvalue weighted by Crippen LogP contribution is 2.37. The molecule has 0 saturated carbocycles. The lowest BCUT2D eigenvalue weighted by molar-refractivity contribution is -0.136. The summed E-state index contributed by atoms with van der Waals surface area (Å²) in [5, 5.41) is 3.19. The van der Waals surface area contributed by atoms with Gasteiger partial charge in [-0.15, -0.1) is 0 Å². The van der Waals surface area contributed by atoms with E-state index in [2.05, 4.69) is 21.2 Å². The average molecular weight is 363 g/mol. The molecule has 1 atom stereocenters. The summed E-state index contributed by atoms with van der Waals surface area (Å²) in [6.07, 6.45) is 2.18. The normalized spacial score (nSPS) is 21.4. The maximum absolute atomic E-state index is 12.6. The summed E-state index contributed by atoms with van der Waals surface area (Å²) in [7, 11) is 0. The molecule has 7 heteroatoms. The van der Waals surface area contributed by atoms with Crippen LogP contribution in [0, 0.1) is 0 Å². The molecule has 3 heterocycles. The maximum atomic E-state index is 12.6. The second kappa shape index (κ2) is 4.67. The van der Waals surface area contributed by atoms with Crippen LogP contribution >= 0.6 is 15.9 Å². The Bertz CT molecular complexity index is 841. The number of amides is 3. The fraction of sp³-hybridized carbons (Fsp3) is 0.267. The van der Waals surface area contributed by atoms with Crippen LogP contribution in [0.25, 0.3) is 11.0 Å². The Morgan fingerprint density at radius 2 is 2.14 bits per heavy atom. The van der Waals surface area contributed by atoms with Gasteiger partial charge in [0.05, 0.1) is 12.8 Å². The number of piperidine rings is 1. The molecule has 1 aromatic heterocycles. The van der Waals surface area contributed by atoms with Gasteiger partial charge in [-0.05, 0) is 18.6 Å². The van der Waals surface area contributed by atoms with Crippen molar-refractivity contribution in [1.29, 1.82) is 0 Å². The van der Waals surface area contributed by atoms with E-state index >= 15 is 0 Å². The third kappa shape index (κ3) is 1.81. The van der Waals surface area contributed by atoms with Gasteiger partial charge in [-0.25, -0.2) is 0 Å². The summed E-state index contributed by atoms with van der Waals surface area (Å²) in [6.45, 7) is 0.317. The van der Waals surface area contributed by atoms with Crippen molar-refractivity contribution < 1.29 is 18.8 Å². The number of carbonyl (C=O) groups is 3. The van der Waals surface area contributed by atoms with Gasteiger partial charge in [-0.2, -0.15) is 0 Å². The third-order valence-corrected chi connectivity index (χ3v) is 4.85. The Labute approximate surface area is 133 Å². The van der Waals surface area contributed by atoms with Crippen LogP contribution < -0.4 is 5.32 Å². The van der Waals surface area contributed by atoms with E-state index < -0.39 is 11.9 Å². The van der Waals surface area contributed by atoms with Crippen LogP contribution in [0.2, 0.25) is 0 Å². The third-order valence-electron chi connectivity index (χ3n) is 4.20.